The number of hydrogen-bond acceptors (Lipinski definition) is 2. The van der Waals surface area contributed by atoms with Crippen LogP contribution in [0.3, 0.4) is 0 Å². The third-order valence-electron chi connectivity index (χ3n) is 5.01. The largest absolute Gasteiger partial charge is 0.342 e. The third-order valence-corrected chi connectivity index (χ3v) is 5.01. The van der Waals surface area contributed by atoms with Crippen LogP contribution in [0, 0.1) is 17.7 Å². The fourth-order valence-electron chi connectivity index (χ4n) is 3.64. The quantitative estimate of drug-likeness (QED) is 0.802. The molecule has 2 aliphatic rings. The maximum atomic E-state index is 12.9. The Morgan fingerprint density at radius 2 is 1.50 bits per heavy atom. The fraction of sp³-hybridized carbons (Fsp3) is 0.556. The zero-order valence-corrected chi connectivity index (χ0v) is 12.8. The number of carbonyl (C=O) groups is 2. The molecule has 2 fully saturated rings. The fourth-order valence-corrected chi connectivity index (χ4v) is 3.64. The van der Waals surface area contributed by atoms with Gasteiger partial charge in [-0.2, -0.15) is 0 Å². The van der Waals surface area contributed by atoms with Crippen LogP contribution in [0.15, 0.2) is 24.3 Å². The molecule has 0 spiro atoms. The molecule has 22 heavy (non-hydrogen) atoms. The van der Waals surface area contributed by atoms with E-state index in [2.05, 4.69) is 0 Å². The maximum absolute atomic E-state index is 12.9. The maximum Gasteiger partial charge on any atom is 0.225 e. The van der Waals surface area contributed by atoms with E-state index in [1.54, 1.807) is 12.1 Å². The Balaban J connectivity index is 1.56. The van der Waals surface area contributed by atoms with Gasteiger partial charge in [0, 0.05) is 30.5 Å². The van der Waals surface area contributed by atoms with Crippen LogP contribution in [0.4, 0.5) is 4.39 Å². The van der Waals surface area contributed by atoms with Crippen molar-refractivity contribution in [2.24, 2.45) is 11.8 Å². The number of hydrogen-bond donors (Lipinski definition) is 0. The lowest BCUT2D eigenvalue weighted by Crippen LogP contribution is -2.42. The summed E-state index contributed by atoms with van der Waals surface area (Å²) in [5.41, 5.74) is 0.571. The second kappa shape index (κ2) is 6.59. The smallest absolute Gasteiger partial charge is 0.225 e. The number of likely N-dealkylation sites (tertiary alicyclic amines) is 1. The molecule has 3 rings (SSSR count). The molecule has 1 heterocycles. The first kappa shape index (κ1) is 15.2. The third kappa shape index (κ3) is 3.21. The molecular weight excluding hydrogens is 281 g/mol. The number of rotatable bonds is 3. The highest BCUT2D eigenvalue weighted by Crippen LogP contribution is 2.29. The second-order valence-corrected chi connectivity index (χ2v) is 6.45. The summed E-state index contributed by atoms with van der Waals surface area (Å²) in [6.07, 6.45) is 5.80. The average Bonchev–Trinajstić information content (AvgIpc) is 3.09. The van der Waals surface area contributed by atoms with Crippen LogP contribution < -0.4 is 0 Å². The Morgan fingerprint density at radius 3 is 2.09 bits per heavy atom. The molecule has 0 atom stereocenters. The van der Waals surface area contributed by atoms with E-state index < -0.39 is 0 Å². The van der Waals surface area contributed by atoms with Crippen molar-refractivity contribution in [1.29, 1.82) is 0 Å². The van der Waals surface area contributed by atoms with Crippen molar-refractivity contribution >= 4 is 11.7 Å². The Morgan fingerprint density at radius 1 is 0.909 bits per heavy atom. The lowest BCUT2D eigenvalue weighted by atomic mass is 9.88. The number of benzene rings is 1. The number of amides is 1. The van der Waals surface area contributed by atoms with Gasteiger partial charge in [-0.1, -0.05) is 12.8 Å². The minimum Gasteiger partial charge on any atom is -0.342 e. The lowest BCUT2D eigenvalue weighted by molar-refractivity contribution is -0.136. The van der Waals surface area contributed by atoms with Gasteiger partial charge in [-0.15, -0.1) is 0 Å². The minimum absolute atomic E-state index is 0.0434. The van der Waals surface area contributed by atoms with Crippen molar-refractivity contribution in [3.05, 3.63) is 35.6 Å². The Bertz CT molecular complexity index is 541. The van der Waals surface area contributed by atoms with Gasteiger partial charge >= 0.3 is 0 Å². The number of piperidine rings is 1. The first-order valence-corrected chi connectivity index (χ1v) is 8.24. The normalized spacial score (nSPS) is 20.3. The van der Waals surface area contributed by atoms with Gasteiger partial charge in [0.25, 0.3) is 0 Å². The average molecular weight is 303 g/mol. The Labute approximate surface area is 130 Å². The van der Waals surface area contributed by atoms with Gasteiger partial charge < -0.3 is 4.90 Å². The molecule has 0 bridgehead atoms. The number of nitrogens with zero attached hydrogens (tertiary/aromatic N) is 1. The molecule has 1 aliphatic carbocycles. The van der Waals surface area contributed by atoms with Crippen molar-refractivity contribution in [1.82, 2.24) is 4.90 Å². The van der Waals surface area contributed by atoms with E-state index >= 15 is 0 Å². The van der Waals surface area contributed by atoms with E-state index in [0.29, 0.717) is 31.5 Å². The summed E-state index contributed by atoms with van der Waals surface area (Å²) in [4.78, 5) is 26.7. The predicted octanol–water partition coefficient (Wildman–Crippen LogP) is 3.44. The molecule has 0 radical (unpaired) electrons. The van der Waals surface area contributed by atoms with Crippen LogP contribution in [-0.4, -0.2) is 29.7 Å². The first-order valence-electron chi connectivity index (χ1n) is 8.24. The van der Waals surface area contributed by atoms with E-state index in [9.17, 15) is 14.0 Å². The summed E-state index contributed by atoms with van der Waals surface area (Å²) in [7, 11) is 0. The molecule has 1 aromatic rings. The zero-order chi connectivity index (χ0) is 15.5. The number of ketones is 1. The van der Waals surface area contributed by atoms with Gasteiger partial charge in [0.1, 0.15) is 5.82 Å². The number of halogens is 1. The molecule has 1 saturated heterocycles. The second-order valence-electron chi connectivity index (χ2n) is 6.45. The summed E-state index contributed by atoms with van der Waals surface area (Å²) in [6, 6.07) is 5.75. The highest BCUT2D eigenvalue weighted by Gasteiger charge is 2.32. The zero-order valence-electron chi connectivity index (χ0n) is 12.8. The van der Waals surface area contributed by atoms with E-state index in [1.807, 2.05) is 4.90 Å². The van der Waals surface area contributed by atoms with Crippen LogP contribution in [0.2, 0.25) is 0 Å². The van der Waals surface area contributed by atoms with Crippen molar-refractivity contribution in [2.45, 2.75) is 38.5 Å². The molecular formula is C18H22FNO2. The van der Waals surface area contributed by atoms with Gasteiger partial charge in [-0.05, 0) is 49.9 Å². The molecule has 1 amide bonds. The van der Waals surface area contributed by atoms with Crippen molar-refractivity contribution < 1.29 is 14.0 Å². The molecule has 1 saturated carbocycles. The van der Waals surface area contributed by atoms with Crippen LogP contribution in [0.1, 0.15) is 48.9 Å². The lowest BCUT2D eigenvalue weighted by Gasteiger charge is -2.33. The SMILES string of the molecule is O=C(c1ccc(F)cc1)C1CCN(C(=O)C2CCCC2)CC1. The molecule has 118 valence electrons. The van der Waals surface area contributed by atoms with E-state index in [-0.39, 0.29) is 29.3 Å². The number of Topliss-reactive ketones (excluding diaryl/α,β-unsaturated/α-hetero) is 1. The van der Waals surface area contributed by atoms with Gasteiger partial charge in [0.2, 0.25) is 5.91 Å². The van der Waals surface area contributed by atoms with E-state index in [1.165, 1.54) is 12.1 Å². The summed E-state index contributed by atoms with van der Waals surface area (Å²) in [5.74, 6) is 0.203. The van der Waals surface area contributed by atoms with Crippen molar-refractivity contribution in [3.8, 4) is 0 Å². The molecule has 4 heteroatoms. The van der Waals surface area contributed by atoms with Gasteiger partial charge in [-0.3, -0.25) is 9.59 Å². The molecule has 0 aromatic heterocycles. The summed E-state index contributed by atoms with van der Waals surface area (Å²) in [6.45, 7) is 1.35. The predicted molar refractivity (Wildman–Crippen MR) is 82.0 cm³/mol. The van der Waals surface area contributed by atoms with Gasteiger partial charge in [-0.25, -0.2) is 4.39 Å². The molecule has 3 nitrogen and oxygen atoms in total. The van der Waals surface area contributed by atoms with Crippen molar-refractivity contribution in [2.75, 3.05) is 13.1 Å². The van der Waals surface area contributed by atoms with E-state index in [0.717, 1.165) is 25.7 Å². The monoisotopic (exact) mass is 303 g/mol. The van der Waals surface area contributed by atoms with Crippen LogP contribution in [0.5, 0.6) is 0 Å². The van der Waals surface area contributed by atoms with Gasteiger partial charge in [0.05, 0.1) is 0 Å². The Kier molecular flexibility index (Phi) is 4.55. The highest BCUT2D eigenvalue weighted by atomic mass is 19.1. The standard InChI is InChI=1S/C18H22FNO2/c19-16-7-5-13(6-8-16)17(21)14-9-11-20(12-10-14)18(22)15-3-1-2-4-15/h5-8,14-15H,1-4,9-12H2. The highest BCUT2D eigenvalue weighted by molar-refractivity contribution is 5.98. The van der Waals surface area contributed by atoms with Gasteiger partial charge in [0.15, 0.2) is 5.78 Å². The molecule has 0 N–H and O–H groups in total. The minimum atomic E-state index is -0.325. The summed E-state index contributed by atoms with van der Waals surface area (Å²) >= 11 is 0. The van der Waals surface area contributed by atoms with Crippen LogP contribution in [0.25, 0.3) is 0 Å². The van der Waals surface area contributed by atoms with Crippen molar-refractivity contribution in [3.63, 3.8) is 0 Å². The topological polar surface area (TPSA) is 37.4 Å². The summed E-state index contributed by atoms with van der Waals surface area (Å²) in [5, 5.41) is 0. The first-order chi connectivity index (χ1) is 10.6. The molecule has 1 aliphatic heterocycles. The van der Waals surface area contributed by atoms with E-state index in [4.69, 9.17) is 0 Å². The molecule has 1 aromatic carbocycles. The van der Waals surface area contributed by atoms with Crippen LogP contribution in [-0.2, 0) is 4.79 Å². The number of carbonyl (C=O) groups excluding carboxylic acids is 2. The Hall–Kier alpha value is -1.71. The molecule has 0 unspecified atom stereocenters. The van der Waals surface area contributed by atoms with Crippen LogP contribution >= 0.6 is 0 Å². The summed E-state index contributed by atoms with van der Waals surface area (Å²) < 4.78 is 12.9.